The SMILES string of the molecule is COc1cc(C=NNC(=O)c2ccccc2O)ccc1OCc1c(C)c(C)c(Br)c(C)c1C. The average molecular weight is 511 g/mol. The number of amides is 1. The Morgan fingerprint density at radius 1 is 1.03 bits per heavy atom. The number of hydrazone groups is 1. The molecule has 0 atom stereocenters. The van der Waals surface area contributed by atoms with E-state index in [-0.39, 0.29) is 11.3 Å². The van der Waals surface area contributed by atoms with Crippen LogP contribution >= 0.6 is 15.9 Å². The number of nitrogens with zero attached hydrogens (tertiary/aromatic N) is 1. The predicted octanol–water partition coefficient (Wildman–Crippen LogP) is 5.74. The van der Waals surface area contributed by atoms with Crippen molar-refractivity contribution < 1.29 is 19.4 Å². The molecule has 0 spiro atoms. The molecule has 0 unspecified atom stereocenters. The molecule has 0 aliphatic rings. The van der Waals surface area contributed by atoms with Crippen molar-refractivity contribution in [2.24, 2.45) is 5.10 Å². The quantitative estimate of drug-likeness (QED) is 0.313. The van der Waals surface area contributed by atoms with Crippen molar-refractivity contribution in [1.29, 1.82) is 0 Å². The molecule has 1 amide bonds. The number of aromatic hydroxyl groups is 1. The molecule has 0 aliphatic carbocycles. The Bertz CT molecular complexity index is 1190. The molecule has 0 saturated heterocycles. The average Bonchev–Trinajstić information content (AvgIpc) is 2.82. The van der Waals surface area contributed by atoms with Gasteiger partial charge in [-0.2, -0.15) is 5.10 Å². The zero-order valence-corrected chi connectivity index (χ0v) is 20.9. The van der Waals surface area contributed by atoms with Crippen LogP contribution in [0.3, 0.4) is 0 Å². The van der Waals surface area contributed by atoms with E-state index in [9.17, 15) is 9.90 Å². The number of rotatable bonds is 7. The second-order valence-corrected chi connectivity index (χ2v) is 8.50. The van der Waals surface area contributed by atoms with Crippen LogP contribution in [0.15, 0.2) is 52.0 Å². The normalized spacial score (nSPS) is 11.0. The van der Waals surface area contributed by atoms with Gasteiger partial charge in [-0.15, -0.1) is 0 Å². The van der Waals surface area contributed by atoms with E-state index < -0.39 is 5.91 Å². The summed E-state index contributed by atoms with van der Waals surface area (Å²) in [7, 11) is 1.58. The van der Waals surface area contributed by atoms with Crippen LogP contribution in [0.2, 0.25) is 0 Å². The Morgan fingerprint density at radius 2 is 1.70 bits per heavy atom. The van der Waals surface area contributed by atoms with Crippen LogP contribution in [0.5, 0.6) is 17.2 Å². The number of phenols is 1. The molecule has 33 heavy (non-hydrogen) atoms. The minimum absolute atomic E-state index is 0.102. The van der Waals surface area contributed by atoms with Crippen molar-refractivity contribution in [2.45, 2.75) is 34.3 Å². The number of nitrogens with one attached hydrogen (secondary N) is 1. The predicted molar refractivity (Wildman–Crippen MR) is 134 cm³/mol. The molecular formula is C26H27BrN2O4. The molecule has 0 aliphatic heterocycles. The highest BCUT2D eigenvalue weighted by molar-refractivity contribution is 9.10. The number of ether oxygens (including phenoxy) is 2. The van der Waals surface area contributed by atoms with Gasteiger partial charge in [0, 0.05) is 4.47 Å². The smallest absolute Gasteiger partial charge is 0.275 e. The van der Waals surface area contributed by atoms with Crippen LogP contribution in [0, 0.1) is 27.7 Å². The van der Waals surface area contributed by atoms with E-state index in [0.717, 1.165) is 15.6 Å². The van der Waals surface area contributed by atoms with Gasteiger partial charge in [0.15, 0.2) is 11.5 Å². The van der Waals surface area contributed by atoms with Gasteiger partial charge in [-0.3, -0.25) is 4.79 Å². The summed E-state index contributed by atoms with van der Waals surface area (Å²) in [4.78, 5) is 12.1. The lowest BCUT2D eigenvalue weighted by Gasteiger charge is -2.19. The highest BCUT2D eigenvalue weighted by Gasteiger charge is 2.15. The molecule has 0 bridgehead atoms. The van der Waals surface area contributed by atoms with Gasteiger partial charge in [0.05, 0.1) is 18.9 Å². The monoisotopic (exact) mass is 510 g/mol. The third kappa shape index (κ3) is 5.37. The van der Waals surface area contributed by atoms with Crippen LogP contribution < -0.4 is 14.9 Å². The summed E-state index contributed by atoms with van der Waals surface area (Å²) in [5.41, 5.74) is 9.27. The largest absolute Gasteiger partial charge is 0.507 e. The fraction of sp³-hybridized carbons (Fsp3) is 0.231. The first-order valence-electron chi connectivity index (χ1n) is 10.4. The fourth-order valence-corrected chi connectivity index (χ4v) is 4.08. The summed E-state index contributed by atoms with van der Waals surface area (Å²) < 4.78 is 12.7. The Balaban J connectivity index is 1.72. The summed E-state index contributed by atoms with van der Waals surface area (Å²) in [5.74, 6) is 0.578. The number of benzene rings is 3. The minimum atomic E-state index is -0.498. The Morgan fingerprint density at radius 3 is 2.33 bits per heavy atom. The van der Waals surface area contributed by atoms with Crippen LogP contribution in [-0.4, -0.2) is 24.3 Å². The number of phenolic OH excluding ortho intramolecular Hbond substituents is 1. The summed E-state index contributed by atoms with van der Waals surface area (Å²) in [6.45, 7) is 8.83. The lowest BCUT2D eigenvalue weighted by Crippen LogP contribution is -2.17. The molecule has 3 aromatic rings. The highest BCUT2D eigenvalue weighted by atomic mass is 79.9. The van der Waals surface area contributed by atoms with Crippen LogP contribution in [0.1, 0.15) is 43.7 Å². The minimum Gasteiger partial charge on any atom is -0.507 e. The molecule has 172 valence electrons. The van der Waals surface area contributed by atoms with E-state index in [4.69, 9.17) is 9.47 Å². The Kier molecular flexibility index (Phi) is 7.76. The van der Waals surface area contributed by atoms with Crippen LogP contribution in [0.4, 0.5) is 0 Å². The van der Waals surface area contributed by atoms with E-state index >= 15 is 0 Å². The number of carbonyl (C=O) groups is 1. The molecule has 0 fully saturated rings. The highest BCUT2D eigenvalue weighted by Crippen LogP contribution is 2.33. The summed E-state index contributed by atoms with van der Waals surface area (Å²) in [6.07, 6.45) is 1.50. The molecule has 0 aromatic heterocycles. The number of halogens is 1. The molecular weight excluding hydrogens is 484 g/mol. The lowest BCUT2D eigenvalue weighted by molar-refractivity contribution is 0.0952. The van der Waals surface area contributed by atoms with Gasteiger partial charge in [-0.25, -0.2) is 5.43 Å². The molecule has 3 aromatic carbocycles. The topological polar surface area (TPSA) is 80.2 Å². The number of methoxy groups -OCH3 is 1. The second-order valence-electron chi connectivity index (χ2n) is 7.71. The third-order valence-electron chi connectivity index (χ3n) is 5.78. The van der Waals surface area contributed by atoms with Crippen molar-refractivity contribution in [3.63, 3.8) is 0 Å². The zero-order valence-electron chi connectivity index (χ0n) is 19.3. The van der Waals surface area contributed by atoms with E-state index in [1.807, 2.05) is 12.1 Å². The fourth-order valence-electron chi connectivity index (χ4n) is 3.49. The molecule has 0 radical (unpaired) electrons. The number of carbonyl (C=O) groups excluding carboxylic acids is 1. The molecule has 0 heterocycles. The summed E-state index contributed by atoms with van der Waals surface area (Å²) in [5, 5.41) is 13.7. The van der Waals surface area contributed by atoms with E-state index in [1.165, 1.54) is 40.6 Å². The molecule has 3 rings (SSSR count). The first kappa shape index (κ1) is 24.3. The van der Waals surface area contributed by atoms with Gasteiger partial charge in [0.25, 0.3) is 5.91 Å². The maximum Gasteiger partial charge on any atom is 0.275 e. The summed E-state index contributed by atoms with van der Waals surface area (Å²) in [6, 6.07) is 11.7. The summed E-state index contributed by atoms with van der Waals surface area (Å²) >= 11 is 3.68. The van der Waals surface area contributed by atoms with Crippen molar-refractivity contribution in [3.8, 4) is 17.2 Å². The van der Waals surface area contributed by atoms with Gasteiger partial charge in [-0.05, 0) is 91.4 Å². The van der Waals surface area contributed by atoms with E-state index in [0.29, 0.717) is 18.1 Å². The van der Waals surface area contributed by atoms with Crippen LogP contribution in [-0.2, 0) is 6.61 Å². The van der Waals surface area contributed by atoms with Gasteiger partial charge in [0.2, 0.25) is 0 Å². The van der Waals surface area contributed by atoms with E-state index in [1.54, 1.807) is 25.3 Å². The first-order chi connectivity index (χ1) is 15.7. The van der Waals surface area contributed by atoms with Gasteiger partial charge < -0.3 is 14.6 Å². The standard InChI is InChI=1S/C26H27BrN2O4/c1-15-17(3)25(27)18(4)16(2)21(15)14-33-23-11-10-19(12-24(23)32-5)13-28-29-26(31)20-8-6-7-9-22(20)30/h6-13,30H,14H2,1-5H3,(H,29,31). The molecule has 0 saturated carbocycles. The van der Waals surface area contributed by atoms with Gasteiger partial charge >= 0.3 is 0 Å². The first-order valence-corrected chi connectivity index (χ1v) is 11.2. The third-order valence-corrected chi connectivity index (χ3v) is 6.97. The number of hydrogen-bond acceptors (Lipinski definition) is 5. The molecule has 7 heteroatoms. The maximum absolute atomic E-state index is 12.1. The molecule has 6 nitrogen and oxygen atoms in total. The maximum atomic E-state index is 12.1. The van der Waals surface area contributed by atoms with Crippen molar-refractivity contribution in [3.05, 3.63) is 85.9 Å². The number of para-hydroxylation sites is 1. The molecule has 2 N–H and O–H groups in total. The Hall–Kier alpha value is -3.32. The Labute approximate surface area is 202 Å². The van der Waals surface area contributed by atoms with Crippen LogP contribution in [0.25, 0.3) is 0 Å². The van der Waals surface area contributed by atoms with Crippen molar-refractivity contribution in [2.75, 3.05) is 7.11 Å². The zero-order chi connectivity index (χ0) is 24.1. The second kappa shape index (κ2) is 10.5. The van der Waals surface area contributed by atoms with E-state index in [2.05, 4.69) is 54.2 Å². The lowest BCUT2D eigenvalue weighted by atomic mass is 9.95. The van der Waals surface area contributed by atoms with Crippen molar-refractivity contribution in [1.82, 2.24) is 5.43 Å². The van der Waals surface area contributed by atoms with Gasteiger partial charge in [0.1, 0.15) is 12.4 Å². The number of hydrogen-bond donors (Lipinski definition) is 2. The van der Waals surface area contributed by atoms with Crippen molar-refractivity contribution >= 4 is 28.1 Å². The van der Waals surface area contributed by atoms with Gasteiger partial charge in [-0.1, -0.05) is 28.1 Å².